The number of rotatable bonds is 9. The van der Waals surface area contributed by atoms with Gasteiger partial charge in [0.25, 0.3) is 0 Å². The Bertz CT molecular complexity index is 491. The van der Waals surface area contributed by atoms with E-state index in [4.69, 9.17) is 4.99 Å². The van der Waals surface area contributed by atoms with Crippen LogP contribution in [-0.4, -0.2) is 55.6 Å². The zero-order valence-corrected chi connectivity index (χ0v) is 15.7. The summed E-state index contributed by atoms with van der Waals surface area (Å²) in [5.41, 5.74) is 0. The summed E-state index contributed by atoms with van der Waals surface area (Å²) in [5, 5.41) is 7.98. The highest BCUT2D eigenvalue weighted by molar-refractivity contribution is 7.11. The Hall–Kier alpha value is -1.14. The fourth-order valence-electron chi connectivity index (χ4n) is 2.66. The Morgan fingerprint density at radius 1 is 1.39 bits per heavy atom. The fourth-order valence-corrected chi connectivity index (χ4v) is 3.52. The number of hydrogen-bond donors (Lipinski definition) is 2. The molecule has 1 aliphatic rings. The largest absolute Gasteiger partial charge is 0.357 e. The van der Waals surface area contributed by atoms with Crippen LogP contribution in [0.2, 0.25) is 0 Å². The minimum absolute atomic E-state index is 0.566. The molecule has 1 saturated carbocycles. The highest BCUT2D eigenvalue weighted by Crippen LogP contribution is 2.34. The van der Waals surface area contributed by atoms with Gasteiger partial charge in [0.1, 0.15) is 0 Å². The van der Waals surface area contributed by atoms with Gasteiger partial charge in [-0.15, -0.1) is 11.3 Å². The second kappa shape index (κ2) is 9.23. The van der Waals surface area contributed by atoms with Gasteiger partial charge in [-0.25, -0.2) is 4.98 Å². The lowest BCUT2D eigenvalue weighted by atomic mass is 10.2. The lowest BCUT2D eigenvalue weighted by molar-refractivity contribution is 0.271. The molecule has 23 heavy (non-hydrogen) atoms. The van der Waals surface area contributed by atoms with E-state index < -0.39 is 0 Å². The van der Waals surface area contributed by atoms with Gasteiger partial charge in [0, 0.05) is 36.6 Å². The first kappa shape index (κ1) is 18.2. The predicted molar refractivity (Wildman–Crippen MR) is 99.4 cm³/mol. The van der Waals surface area contributed by atoms with Crippen LogP contribution in [0, 0.1) is 5.92 Å². The average Bonchev–Trinajstić information content (AvgIpc) is 3.25. The minimum atomic E-state index is 0.566. The third-order valence-electron chi connectivity index (χ3n) is 4.19. The molecule has 6 heteroatoms. The summed E-state index contributed by atoms with van der Waals surface area (Å²) >= 11 is 1.81. The maximum absolute atomic E-state index is 4.78. The zero-order valence-electron chi connectivity index (χ0n) is 14.9. The van der Waals surface area contributed by atoms with E-state index in [1.165, 1.54) is 22.7 Å². The maximum Gasteiger partial charge on any atom is 0.191 e. The topological polar surface area (TPSA) is 52.6 Å². The van der Waals surface area contributed by atoms with E-state index in [0.717, 1.165) is 44.4 Å². The van der Waals surface area contributed by atoms with Gasteiger partial charge in [-0.3, -0.25) is 4.99 Å². The smallest absolute Gasteiger partial charge is 0.191 e. The molecule has 0 aliphatic heterocycles. The molecule has 1 aliphatic carbocycles. The molecule has 5 nitrogen and oxygen atoms in total. The van der Waals surface area contributed by atoms with Crippen molar-refractivity contribution in [2.75, 3.05) is 33.7 Å². The van der Waals surface area contributed by atoms with Gasteiger partial charge in [-0.05, 0) is 46.2 Å². The lowest BCUT2D eigenvalue weighted by Gasteiger charge is -2.22. The van der Waals surface area contributed by atoms with Crippen LogP contribution < -0.4 is 10.6 Å². The Kier molecular flexibility index (Phi) is 7.30. The summed E-state index contributed by atoms with van der Waals surface area (Å²) in [5.74, 6) is 1.76. The van der Waals surface area contributed by atoms with Gasteiger partial charge in [0.05, 0.1) is 11.6 Å². The van der Waals surface area contributed by atoms with E-state index in [1.54, 1.807) is 0 Å². The molecular weight excluding hydrogens is 306 g/mol. The van der Waals surface area contributed by atoms with Crippen molar-refractivity contribution in [3.05, 3.63) is 16.1 Å². The summed E-state index contributed by atoms with van der Waals surface area (Å²) in [6.45, 7) is 6.91. The highest BCUT2D eigenvalue weighted by Gasteiger charge is 2.32. The van der Waals surface area contributed by atoms with E-state index in [2.05, 4.69) is 48.5 Å². The Labute approximate surface area is 144 Å². The monoisotopic (exact) mass is 337 g/mol. The number of hydrogen-bond acceptors (Lipinski definition) is 4. The third kappa shape index (κ3) is 6.11. The quantitative estimate of drug-likeness (QED) is 0.535. The summed E-state index contributed by atoms with van der Waals surface area (Å²) < 4.78 is 0. The van der Waals surface area contributed by atoms with Crippen molar-refractivity contribution in [2.24, 2.45) is 10.9 Å². The fraction of sp³-hybridized carbons (Fsp3) is 0.765. The number of nitrogens with zero attached hydrogens (tertiary/aromatic N) is 3. The first-order valence-corrected chi connectivity index (χ1v) is 9.57. The molecule has 0 spiro atoms. The summed E-state index contributed by atoms with van der Waals surface area (Å²) in [6.07, 6.45) is 6.73. The molecular formula is C17H31N5S. The summed E-state index contributed by atoms with van der Waals surface area (Å²) in [7, 11) is 4.32. The van der Waals surface area contributed by atoms with Crippen LogP contribution in [0.4, 0.5) is 0 Å². The maximum atomic E-state index is 4.78. The van der Waals surface area contributed by atoms with Crippen LogP contribution in [0.1, 0.15) is 36.6 Å². The first-order valence-electron chi connectivity index (χ1n) is 8.76. The van der Waals surface area contributed by atoms with Crippen molar-refractivity contribution < 1.29 is 0 Å². The van der Waals surface area contributed by atoms with Crippen LogP contribution in [0.15, 0.2) is 11.2 Å². The number of aromatic nitrogens is 1. The van der Waals surface area contributed by atoms with E-state index in [9.17, 15) is 0 Å². The molecule has 0 bridgehead atoms. The van der Waals surface area contributed by atoms with Crippen molar-refractivity contribution in [1.82, 2.24) is 20.5 Å². The SMILES string of the molecule is CCNC(=NCC(C1CC1)N(C)C)NCCc1ncc(CC)s1. The number of thiazole rings is 1. The van der Waals surface area contributed by atoms with Gasteiger partial charge in [-0.1, -0.05) is 6.92 Å². The number of likely N-dealkylation sites (N-methyl/N-ethyl adjacent to an activating group) is 1. The van der Waals surface area contributed by atoms with E-state index in [0.29, 0.717) is 6.04 Å². The van der Waals surface area contributed by atoms with Gasteiger partial charge >= 0.3 is 0 Å². The summed E-state index contributed by atoms with van der Waals surface area (Å²) in [4.78, 5) is 12.9. The van der Waals surface area contributed by atoms with Crippen LogP contribution in [0.3, 0.4) is 0 Å². The standard InChI is InChI=1S/C17H31N5S/c1-5-14-11-20-16(23-14)9-10-19-17(18-6-2)21-12-15(22(3)4)13-7-8-13/h11,13,15H,5-10,12H2,1-4H3,(H2,18,19,21). The van der Waals surface area contributed by atoms with Gasteiger partial charge in [0.2, 0.25) is 0 Å². The van der Waals surface area contributed by atoms with Gasteiger partial charge in [-0.2, -0.15) is 0 Å². The second-order valence-electron chi connectivity index (χ2n) is 6.34. The molecule has 0 radical (unpaired) electrons. The molecule has 1 aromatic rings. The average molecular weight is 338 g/mol. The molecule has 0 saturated heterocycles. The summed E-state index contributed by atoms with van der Waals surface area (Å²) in [6, 6.07) is 0.566. The molecule has 1 atom stereocenters. The van der Waals surface area contributed by atoms with Crippen molar-refractivity contribution in [2.45, 2.75) is 45.6 Å². The molecule has 1 fully saturated rings. The number of aryl methyl sites for hydroxylation is 1. The Morgan fingerprint density at radius 3 is 2.74 bits per heavy atom. The molecule has 0 aromatic carbocycles. The van der Waals surface area contributed by atoms with E-state index >= 15 is 0 Å². The van der Waals surface area contributed by atoms with Gasteiger partial charge in [0.15, 0.2) is 5.96 Å². The number of guanidine groups is 1. The van der Waals surface area contributed by atoms with Crippen molar-refractivity contribution in [3.63, 3.8) is 0 Å². The molecule has 1 heterocycles. The molecule has 1 aromatic heterocycles. The third-order valence-corrected chi connectivity index (χ3v) is 5.39. The normalized spacial score (nSPS) is 16.7. The predicted octanol–water partition coefficient (Wildman–Crippen LogP) is 2.14. The van der Waals surface area contributed by atoms with E-state index in [-0.39, 0.29) is 0 Å². The Balaban J connectivity index is 1.81. The highest BCUT2D eigenvalue weighted by atomic mass is 32.1. The van der Waals surface area contributed by atoms with Crippen LogP contribution in [-0.2, 0) is 12.8 Å². The molecule has 130 valence electrons. The van der Waals surface area contributed by atoms with E-state index in [1.807, 2.05) is 17.5 Å². The second-order valence-corrected chi connectivity index (χ2v) is 7.54. The lowest BCUT2D eigenvalue weighted by Crippen LogP contribution is -2.40. The minimum Gasteiger partial charge on any atom is -0.357 e. The Morgan fingerprint density at radius 2 is 2.17 bits per heavy atom. The molecule has 2 rings (SSSR count). The van der Waals surface area contributed by atoms with Crippen LogP contribution >= 0.6 is 11.3 Å². The van der Waals surface area contributed by atoms with Crippen molar-refractivity contribution in [1.29, 1.82) is 0 Å². The van der Waals surface area contributed by atoms with Gasteiger partial charge < -0.3 is 15.5 Å². The van der Waals surface area contributed by atoms with Crippen molar-refractivity contribution >= 4 is 17.3 Å². The number of nitrogens with one attached hydrogen (secondary N) is 2. The first-order chi connectivity index (χ1) is 11.1. The van der Waals surface area contributed by atoms with Crippen LogP contribution in [0.5, 0.6) is 0 Å². The number of aliphatic imine (C=N–C) groups is 1. The molecule has 0 amide bonds. The molecule has 2 N–H and O–H groups in total. The zero-order chi connectivity index (χ0) is 16.7. The van der Waals surface area contributed by atoms with Crippen molar-refractivity contribution in [3.8, 4) is 0 Å². The van der Waals surface area contributed by atoms with Crippen LogP contribution in [0.25, 0.3) is 0 Å². The molecule has 1 unspecified atom stereocenters.